The zero-order valence-electron chi connectivity index (χ0n) is 23.5. The van der Waals surface area contributed by atoms with Crippen LogP contribution in [-0.2, 0) is 22.6 Å². The third kappa shape index (κ3) is 7.13. The van der Waals surface area contributed by atoms with Gasteiger partial charge in [0.05, 0.1) is 40.5 Å². The van der Waals surface area contributed by atoms with Crippen molar-refractivity contribution in [1.29, 1.82) is 0 Å². The molecule has 9 nitrogen and oxygen atoms in total. The maximum Gasteiger partial charge on any atom is 0.251 e. The summed E-state index contributed by atoms with van der Waals surface area (Å²) in [6.45, 7) is 0.145. The van der Waals surface area contributed by atoms with Gasteiger partial charge in [0.2, 0.25) is 5.91 Å². The molecule has 0 aliphatic heterocycles. The Morgan fingerprint density at radius 2 is 1.51 bits per heavy atom. The number of carbonyl (C=O) groups is 2. The van der Waals surface area contributed by atoms with Gasteiger partial charge in [-0.05, 0) is 47.0 Å². The minimum atomic E-state index is -1.04. The molecule has 3 aromatic carbocycles. The van der Waals surface area contributed by atoms with Crippen LogP contribution in [0.15, 0.2) is 91.3 Å². The van der Waals surface area contributed by atoms with Gasteiger partial charge in [0.15, 0.2) is 11.5 Å². The van der Waals surface area contributed by atoms with Crippen LogP contribution in [0.5, 0.6) is 23.0 Å². The van der Waals surface area contributed by atoms with E-state index >= 15 is 0 Å². The van der Waals surface area contributed by atoms with Gasteiger partial charge in [-0.1, -0.05) is 42.5 Å². The summed E-state index contributed by atoms with van der Waals surface area (Å²) < 4.78 is 21.8. The fourth-order valence-electron chi connectivity index (χ4n) is 4.48. The summed E-state index contributed by atoms with van der Waals surface area (Å²) in [7, 11) is 6.12. The molecule has 212 valence electrons. The number of hydrogen-bond donors (Lipinski definition) is 1. The lowest BCUT2D eigenvalue weighted by Gasteiger charge is -2.32. The summed E-state index contributed by atoms with van der Waals surface area (Å²) in [5.74, 6) is 1.25. The highest BCUT2D eigenvalue weighted by molar-refractivity contribution is 5.99. The highest BCUT2D eigenvalue weighted by Crippen LogP contribution is 2.35. The first kappa shape index (κ1) is 28.9. The maximum absolute atomic E-state index is 14.2. The van der Waals surface area contributed by atoms with Gasteiger partial charge in [0.25, 0.3) is 5.91 Å². The number of nitrogens with zero attached hydrogens (tertiary/aromatic N) is 2. The van der Waals surface area contributed by atoms with Gasteiger partial charge in [-0.3, -0.25) is 14.6 Å². The SMILES string of the molecule is COc1ccc(NC(=O)C(c2ccc(OC)c(OC)c2)N(Cc2cccnc2)C(=O)Cc2ccccc2)c(OC)c1. The molecule has 0 aliphatic carbocycles. The van der Waals surface area contributed by atoms with Crippen LogP contribution in [0.4, 0.5) is 5.69 Å². The second-order valence-electron chi connectivity index (χ2n) is 9.12. The summed E-state index contributed by atoms with van der Waals surface area (Å²) in [6, 6.07) is 22.3. The number of nitrogens with one attached hydrogen (secondary N) is 1. The Hall–Kier alpha value is -5.05. The molecule has 0 saturated carbocycles. The number of aromatic nitrogens is 1. The molecule has 1 N–H and O–H groups in total. The number of pyridine rings is 1. The van der Waals surface area contributed by atoms with Crippen LogP contribution in [-0.4, -0.2) is 50.1 Å². The lowest BCUT2D eigenvalue weighted by atomic mass is 10.0. The Bertz CT molecular complexity index is 1460. The number of hydrogen-bond acceptors (Lipinski definition) is 7. The fraction of sp³-hybridized carbons (Fsp3) is 0.219. The first-order valence-corrected chi connectivity index (χ1v) is 12.9. The average molecular weight is 556 g/mol. The number of carbonyl (C=O) groups excluding carboxylic acids is 2. The highest BCUT2D eigenvalue weighted by Gasteiger charge is 2.33. The van der Waals surface area contributed by atoms with Crippen molar-refractivity contribution in [3.05, 3.63) is 108 Å². The van der Waals surface area contributed by atoms with Gasteiger partial charge in [0.1, 0.15) is 17.5 Å². The summed E-state index contributed by atoms with van der Waals surface area (Å²) in [5, 5.41) is 2.96. The Morgan fingerprint density at radius 3 is 2.17 bits per heavy atom. The monoisotopic (exact) mass is 555 g/mol. The molecule has 1 heterocycles. The Morgan fingerprint density at radius 1 is 0.780 bits per heavy atom. The molecule has 1 aromatic heterocycles. The lowest BCUT2D eigenvalue weighted by Crippen LogP contribution is -2.41. The molecule has 0 bridgehead atoms. The minimum Gasteiger partial charge on any atom is -0.497 e. The lowest BCUT2D eigenvalue weighted by molar-refractivity contribution is -0.139. The van der Waals surface area contributed by atoms with Crippen molar-refractivity contribution in [2.45, 2.75) is 19.0 Å². The summed E-state index contributed by atoms with van der Waals surface area (Å²) in [4.78, 5) is 34.0. The summed E-state index contributed by atoms with van der Waals surface area (Å²) >= 11 is 0. The smallest absolute Gasteiger partial charge is 0.251 e. The maximum atomic E-state index is 14.2. The number of benzene rings is 3. The average Bonchev–Trinajstić information content (AvgIpc) is 3.01. The van der Waals surface area contributed by atoms with Crippen molar-refractivity contribution < 1.29 is 28.5 Å². The molecule has 0 radical (unpaired) electrons. The van der Waals surface area contributed by atoms with Crippen LogP contribution in [0, 0.1) is 0 Å². The number of ether oxygens (including phenoxy) is 4. The molecule has 0 saturated heterocycles. The fourth-order valence-corrected chi connectivity index (χ4v) is 4.48. The normalized spacial score (nSPS) is 11.2. The molecule has 1 atom stereocenters. The van der Waals surface area contributed by atoms with E-state index in [-0.39, 0.29) is 18.9 Å². The predicted octanol–water partition coefficient (Wildman–Crippen LogP) is 5.07. The van der Waals surface area contributed by atoms with Crippen LogP contribution in [0.3, 0.4) is 0 Å². The predicted molar refractivity (Wildman–Crippen MR) is 155 cm³/mol. The molecular formula is C32H33N3O6. The molecule has 41 heavy (non-hydrogen) atoms. The van der Waals surface area contributed by atoms with Crippen LogP contribution in [0.2, 0.25) is 0 Å². The number of methoxy groups -OCH3 is 4. The zero-order chi connectivity index (χ0) is 29.2. The molecule has 2 amide bonds. The zero-order valence-corrected chi connectivity index (χ0v) is 23.5. The number of rotatable bonds is 12. The van der Waals surface area contributed by atoms with E-state index in [2.05, 4.69) is 10.3 Å². The van der Waals surface area contributed by atoms with Gasteiger partial charge >= 0.3 is 0 Å². The van der Waals surface area contributed by atoms with E-state index in [1.54, 1.807) is 66.9 Å². The molecule has 9 heteroatoms. The third-order valence-electron chi connectivity index (χ3n) is 6.54. The van der Waals surface area contributed by atoms with Gasteiger partial charge in [0, 0.05) is 25.0 Å². The molecular weight excluding hydrogens is 522 g/mol. The van der Waals surface area contributed by atoms with Gasteiger partial charge in [-0.25, -0.2) is 0 Å². The van der Waals surface area contributed by atoms with Crippen LogP contribution < -0.4 is 24.3 Å². The van der Waals surface area contributed by atoms with Crippen LogP contribution >= 0.6 is 0 Å². The van der Waals surface area contributed by atoms with Crippen molar-refractivity contribution >= 4 is 17.5 Å². The minimum absolute atomic E-state index is 0.101. The summed E-state index contributed by atoms with van der Waals surface area (Å²) in [5.41, 5.74) is 2.57. The molecule has 4 aromatic rings. The molecule has 0 spiro atoms. The standard InChI is InChI=1S/C32H33N3O6/c1-38-25-13-14-26(28(19-25)40-3)34-32(37)31(24-12-15-27(39-2)29(18-24)41-4)35(21-23-11-8-16-33-20-23)30(36)17-22-9-6-5-7-10-22/h5-16,18-20,31H,17,21H2,1-4H3,(H,34,37). The van der Waals surface area contributed by atoms with E-state index in [4.69, 9.17) is 18.9 Å². The van der Waals surface area contributed by atoms with Gasteiger partial charge in [-0.15, -0.1) is 0 Å². The van der Waals surface area contributed by atoms with Crippen LogP contribution in [0.25, 0.3) is 0 Å². The highest BCUT2D eigenvalue weighted by atomic mass is 16.5. The van der Waals surface area contributed by atoms with Crippen molar-refractivity contribution in [3.8, 4) is 23.0 Å². The number of anilines is 1. The Labute approximate surface area is 239 Å². The Kier molecular flexibility index (Phi) is 9.77. The van der Waals surface area contributed by atoms with E-state index in [1.807, 2.05) is 36.4 Å². The topological polar surface area (TPSA) is 99.2 Å². The van der Waals surface area contributed by atoms with E-state index in [1.165, 1.54) is 21.3 Å². The van der Waals surface area contributed by atoms with E-state index in [0.717, 1.165) is 11.1 Å². The molecule has 0 fully saturated rings. The molecule has 1 unspecified atom stereocenters. The van der Waals surface area contributed by atoms with E-state index in [0.29, 0.717) is 34.2 Å². The second kappa shape index (κ2) is 13.8. The van der Waals surface area contributed by atoms with Crippen molar-refractivity contribution in [3.63, 3.8) is 0 Å². The first-order valence-electron chi connectivity index (χ1n) is 12.9. The van der Waals surface area contributed by atoms with Gasteiger partial charge in [-0.2, -0.15) is 0 Å². The number of amides is 2. The third-order valence-corrected chi connectivity index (χ3v) is 6.54. The largest absolute Gasteiger partial charge is 0.497 e. The van der Waals surface area contributed by atoms with E-state index < -0.39 is 11.9 Å². The van der Waals surface area contributed by atoms with Crippen molar-refractivity contribution in [2.75, 3.05) is 33.8 Å². The van der Waals surface area contributed by atoms with E-state index in [9.17, 15) is 9.59 Å². The Balaban J connectivity index is 1.81. The second-order valence-corrected chi connectivity index (χ2v) is 9.12. The van der Waals surface area contributed by atoms with Crippen molar-refractivity contribution in [1.82, 2.24) is 9.88 Å². The molecule has 4 rings (SSSR count). The molecule has 0 aliphatic rings. The van der Waals surface area contributed by atoms with Crippen molar-refractivity contribution in [2.24, 2.45) is 0 Å². The van der Waals surface area contributed by atoms with Gasteiger partial charge < -0.3 is 29.2 Å². The summed E-state index contributed by atoms with van der Waals surface area (Å²) in [6.07, 6.45) is 3.44. The quantitative estimate of drug-likeness (QED) is 0.261. The van der Waals surface area contributed by atoms with Crippen LogP contribution in [0.1, 0.15) is 22.7 Å². The first-order chi connectivity index (χ1) is 20.0.